The van der Waals surface area contributed by atoms with Gasteiger partial charge in [-0.15, -0.1) is 0 Å². The van der Waals surface area contributed by atoms with Gasteiger partial charge in [0.2, 0.25) is 5.91 Å². The van der Waals surface area contributed by atoms with E-state index in [1.54, 1.807) is 6.92 Å². The summed E-state index contributed by atoms with van der Waals surface area (Å²) in [4.78, 5) is 23.5. The SMILES string of the molecule is CC1(NC(=O)CC2CCS(=O)(=O)C2)CCCCC1C(=O)O. The molecular weight excluding hydrogens is 294 g/mol. The van der Waals surface area contributed by atoms with Crippen LogP contribution in [0.4, 0.5) is 0 Å². The Kier molecular flexibility index (Phi) is 4.60. The summed E-state index contributed by atoms with van der Waals surface area (Å²) >= 11 is 0. The fourth-order valence-electron chi connectivity index (χ4n) is 3.54. The Morgan fingerprint density at radius 2 is 2.00 bits per heavy atom. The maximum atomic E-state index is 12.2. The Hall–Kier alpha value is -1.11. The minimum Gasteiger partial charge on any atom is -0.481 e. The van der Waals surface area contributed by atoms with Crippen molar-refractivity contribution >= 4 is 21.7 Å². The van der Waals surface area contributed by atoms with Crippen LogP contribution in [0.25, 0.3) is 0 Å². The number of carboxylic acid groups (broad SMARTS) is 1. The molecule has 3 unspecified atom stereocenters. The third-order valence-electron chi connectivity index (χ3n) is 4.73. The summed E-state index contributed by atoms with van der Waals surface area (Å²) in [6.07, 6.45) is 3.68. The number of nitrogens with one attached hydrogen (secondary N) is 1. The summed E-state index contributed by atoms with van der Waals surface area (Å²) in [7, 11) is -2.99. The molecule has 1 amide bonds. The molecule has 0 aromatic rings. The molecule has 1 saturated carbocycles. The van der Waals surface area contributed by atoms with Gasteiger partial charge in [0.05, 0.1) is 23.0 Å². The van der Waals surface area contributed by atoms with Crippen molar-refractivity contribution in [2.75, 3.05) is 11.5 Å². The normalized spacial score (nSPS) is 35.3. The first-order chi connectivity index (χ1) is 9.72. The molecule has 21 heavy (non-hydrogen) atoms. The van der Waals surface area contributed by atoms with E-state index in [1.165, 1.54) is 0 Å². The van der Waals surface area contributed by atoms with Crippen LogP contribution in [0.3, 0.4) is 0 Å². The summed E-state index contributed by atoms with van der Waals surface area (Å²) in [6.45, 7) is 1.79. The van der Waals surface area contributed by atoms with Crippen molar-refractivity contribution in [2.45, 2.75) is 51.0 Å². The summed E-state index contributed by atoms with van der Waals surface area (Å²) < 4.78 is 22.8. The minimum absolute atomic E-state index is 0.0689. The molecule has 3 atom stereocenters. The predicted octanol–water partition coefficient (Wildman–Crippen LogP) is 0.961. The minimum atomic E-state index is -2.99. The zero-order valence-electron chi connectivity index (χ0n) is 12.3. The van der Waals surface area contributed by atoms with Gasteiger partial charge in [-0.2, -0.15) is 0 Å². The van der Waals surface area contributed by atoms with Crippen LogP contribution in [0.1, 0.15) is 45.4 Å². The number of carboxylic acids is 1. The number of aliphatic carboxylic acids is 1. The molecule has 7 heteroatoms. The molecule has 2 rings (SSSR count). The van der Waals surface area contributed by atoms with Crippen LogP contribution in [0.5, 0.6) is 0 Å². The van der Waals surface area contributed by atoms with Gasteiger partial charge in [-0.05, 0) is 32.1 Å². The summed E-state index contributed by atoms with van der Waals surface area (Å²) in [5.41, 5.74) is -0.724. The second-order valence-electron chi connectivity index (χ2n) is 6.58. The van der Waals surface area contributed by atoms with Crippen LogP contribution in [0.15, 0.2) is 0 Å². The van der Waals surface area contributed by atoms with Gasteiger partial charge in [-0.1, -0.05) is 12.8 Å². The van der Waals surface area contributed by atoms with Gasteiger partial charge in [0.15, 0.2) is 9.84 Å². The van der Waals surface area contributed by atoms with Gasteiger partial charge in [-0.25, -0.2) is 8.42 Å². The average molecular weight is 317 g/mol. The van der Waals surface area contributed by atoms with E-state index in [4.69, 9.17) is 0 Å². The van der Waals surface area contributed by atoms with Crippen molar-refractivity contribution < 1.29 is 23.1 Å². The second kappa shape index (κ2) is 5.94. The lowest BCUT2D eigenvalue weighted by molar-refractivity contribution is -0.146. The summed E-state index contributed by atoms with van der Waals surface area (Å²) in [5.74, 6) is -1.58. The number of rotatable bonds is 4. The Balaban J connectivity index is 1.96. The van der Waals surface area contributed by atoms with Crippen LogP contribution < -0.4 is 5.32 Å². The van der Waals surface area contributed by atoms with Crippen molar-refractivity contribution in [2.24, 2.45) is 11.8 Å². The highest BCUT2D eigenvalue weighted by atomic mass is 32.2. The van der Waals surface area contributed by atoms with Crippen LogP contribution in [0, 0.1) is 11.8 Å². The van der Waals surface area contributed by atoms with Crippen LogP contribution in [-0.4, -0.2) is 42.4 Å². The van der Waals surface area contributed by atoms with Crippen molar-refractivity contribution in [1.82, 2.24) is 5.32 Å². The number of amides is 1. The molecule has 1 heterocycles. The summed E-state index contributed by atoms with van der Waals surface area (Å²) in [5, 5.41) is 12.2. The zero-order chi connectivity index (χ0) is 15.7. The number of hydrogen-bond donors (Lipinski definition) is 2. The fraction of sp³-hybridized carbons (Fsp3) is 0.857. The van der Waals surface area contributed by atoms with Crippen LogP contribution >= 0.6 is 0 Å². The van der Waals surface area contributed by atoms with Crippen LogP contribution in [0.2, 0.25) is 0 Å². The lowest BCUT2D eigenvalue weighted by Crippen LogP contribution is -2.55. The molecule has 120 valence electrons. The van der Waals surface area contributed by atoms with Gasteiger partial charge < -0.3 is 10.4 Å². The molecule has 2 fully saturated rings. The van der Waals surface area contributed by atoms with Crippen molar-refractivity contribution in [3.63, 3.8) is 0 Å². The molecule has 1 aliphatic carbocycles. The van der Waals surface area contributed by atoms with E-state index in [9.17, 15) is 23.1 Å². The molecule has 2 N–H and O–H groups in total. The highest BCUT2D eigenvalue weighted by Gasteiger charge is 2.42. The Labute approximate surface area is 125 Å². The molecule has 6 nitrogen and oxygen atoms in total. The quantitative estimate of drug-likeness (QED) is 0.804. The van der Waals surface area contributed by atoms with Crippen molar-refractivity contribution in [3.05, 3.63) is 0 Å². The molecule has 1 aliphatic heterocycles. The highest BCUT2D eigenvalue weighted by molar-refractivity contribution is 7.91. The molecule has 0 bridgehead atoms. The summed E-state index contributed by atoms with van der Waals surface area (Å²) in [6, 6.07) is 0. The molecule has 0 spiro atoms. The first-order valence-electron chi connectivity index (χ1n) is 7.46. The van der Waals surface area contributed by atoms with Crippen molar-refractivity contribution in [1.29, 1.82) is 0 Å². The molecule has 0 aromatic heterocycles. The molecule has 0 radical (unpaired) electrons. The first-order valence-corrected chi connectivity index (χ1v) is 9.28. The van der Waals surface area contributed by atoms with E-state index in [0.29, 0.717) is 19.3 Å². The monoisotopic (exact) mass is 317 g/mol. The van der Waals surface area contributed by atoms with Gasteiger partial charge >= 0.3 is 5.97 Å². The van der Waals surface area contributed by atoms with E-state index < -0.39 is 27.3 Å². The third-order valence-corrected chi connectivity index (χ3v) is 6.57. The number of sulfone groups is 1. The van der Waals surface area contributed by atoms with Gasteiger partial charge in [0.25, 0.3) is 0 Å². The molecule has 2 aliphatic rings. The molecule has 1 saturated heterocycles. The van der Waals surface area contributed by atoms with Crippen LogP contribution in [-0.2, 0) is 19.4 Å². The smallest absolute Gasteiger partial charge is 0.308 e. The number of carbonyl (C=O) groups is 2. The molecule has 0 aromatic carbocycles. The largest absolute Gasteiger partial charge is 0.481 e. The topological polar surface area (TPSA) is 101 Å². The number of hydrogen-bond acceptors (Lipinski definition) is 4. The highest BCUT2D eigenvalue weighted by Crippen LogP contribution is 2.34. The van der Waals surface area contributed by atoms with Crippen molar-refractivity contribution in [3.8, 4) is 0 Å². The van der Waals surface area contributed by atoms with E-state index >= 15 is 0 Å². The van der Waals surface area contributed by atoms with Gasteiger partial charge in [0.1, 0.15) is 0 Å². The van der Waals surface area contributed by atoms with E-state index in [1.807, 2.05) is 0 Å². The second-order valence-corrected chi connectivity index (χ2v) is 8.80. The first kappa shape index (κ1) is 16.3. The third kappa shape index (κ3) is 3.96. The fourth-order valence-corrected chi connectivity index (χ4v) is 5.41. The van der Waals surface area contributed by atoms with E-state index in [2.05, 4.69) is 5.32 Å². The number of carbonyl (C=O) groups excluding carboxylic acids is 1. The van der Waals surface area contributed by atoms with Gasteiger partial charge in [0, 0.05) is 6.42 Å². The zero-order valence-corrected chi connectivity index (χ0v) is 13.1. The maximum absolute atomic E-state index is 12.2. The van der Waals surface area contributed by atoms with Gasteiger partial charge in [-0.3, -0.25) is 9.59 Å². The Bertz CT molecular complexity index is 529. The molecular formula is C14H23NO5S. The van der Waals surface area contributed by atoms with E-state index in [-0.39, 0.29) is 29.8 Å². The predicted molar refractivity (Wildman–Crippen MR) is 77.5 cm³/mol. The maximum Gasteiger partial charge on any atom is 0.308 e. The standard InChI is InChI=1S/C14H23NO5S/c1-14(6-3-2-4-11(14)13(17)18)15-12(16)8-10-5-7-21(19,20)9-10/h10-11H,2-9H2,1H3,(H,15,16)(H,17,18). The lowest BCUT2D eigenvalue weighted by atomic mass is 9.73. The lowest BCUT2D eigenvalue weighted by Gasteiger charge is -2.40. The Morgan fingerprint density at radius 3 is 2.57 bits per heavy atom. The van der Waals surface area contributed by atoms with E-state index in [0.717, 1.165) is 12.8 Å². The average Bonchev–Trinajstić information content (AvgIpc) is 2.67. The Morgan fingerprint density at radius 1 is 1.29 bits per heavy atom.